The van der Waals surface area contributed by atoms with Gasteiger partial charge in [-0.05, 0) is 20.8 Å². The summed E-state index contributed by atoms with van der Waals surface area (Å²) in [6, 6.07) is 0. The third kappa shape index (κ3) is 5.29. The Balaban J connectivity index is 2.37. The van der Waals surface area contributed by atoms with E-state index in [4.69, 9.17) is 5.73 Å². The fourth-order valence-corrected chi connectivity index (χ4v) is 1.17. The van der Waals surface area contributed by atoms with Crippen molar-refractivity contribution in [1.29, 1.82) is 0 Å². The first-order chi connectivity index (χ1) is 7.47. The molecule has 88 valence electrons. The largest absolute Gasteiger partial charge is 0.370 e. The molecule has 0 aliphatic heterocycles. The van der Waals surface area contributed by atoms with Crippen LogP contribution in [0, 0.1) is 0 Å². The van der Waals surface area contributed by atoms with Gasteiger partial charge < -0.3 is 11.1 Å². The van der Waals surface area contributed by atoms with Gasteiger partial charge in [0.25, 0.3) is 0 Å². The average molecular weight is 221 g/mol. The molecule has 1 heterocycles. The van der Waals surface area contributed by atoms with Gasteiger partial charge in [0.15, 0.2) is 5.96 Å². The van der Waals surface area contributed by atoms with E-state index in [-0.39, 0.29) is 5.54 Å². The lowest BCUT2D eigenvalue weighted by molar-refractivity contribution is 0.508. The van der Waals surface area contributed by atoms with Crippen LogP contribution in [0.4, 0.5) is 0 Å². The SMILES string of the molecule is CC(C)(C)NC(N)=NCCc1cnccn1. The van der Waals surface area contributed by atoms with E-state index in [1.807, 2.05) is 20.8 Å². The highest BCUT2D eigenvalue weighted by molar-refractivity contribution is 5.78. The van der Waals surface area contributed by atoms with E-state index in [9.17, 15) is 0 Å². The standard InChI is InChI=1S/C11H19N5/c1-11(2,3)16-10(12)15-5-4-9-8-13-6-7-14-9/h6-8H,4-5H2,1-3H3,(H3,12,15,16). The number of rotatable bonds is 3. The number of nitrogens with zero attached hydrogens (tertiary/aromatic N) is 3. The molecule has 0 aromatic carbocycles. The van der Waals surface area contributed by atoms with Gasteiger partial charge in [0, 0.05) is 37.1 Å². The summed E-state index contributed by atoms with van der Waals surface area (Å²) < 4.78 is 0. The maximum Gasteiger partial charge on any atom is 0.188 e. The zero-order valence-electron chi connectivity index (χ0n) is 10.1. The van der Waals surface area contributed by atoms with Crippen LogP contribution in [0.3, 0.4) is 0 Å². The van der Waals surface area contributed by atoms with E-state index in [0.717, 1.165) is 12.1 Å². The minimum Gasteiger partial charge on any atom is -0.370 e. The summed E-state index contributed by atoms with van der Waals surface area (Å²) in [7, 11) is 0. The number of nitrogens with two attached hydrogens (primary N) is 1. The third-order valence-corrected chi connectivity index (χ3v) is 1.77. The molecule has 0 spiro atoms. The predicted octanol–water partition coefficient (Wildman–Crippen LogP) is 0.722. The highest BCUT2D eigenvalue weighted by Crippen LogP contribution is 1.97. The van der Waals surface area contributed by atoms with Gasteiger partial charge in [-0.25, -0.2) is 0 Å². The summed E-state index contributed by atoms with van der Waals surface area (Å²) in [6.07, 6.45) is 5.82. The number of guanidine groups is 1. The molecule has 0 aliphatic rings. The zero-order valence-corrected chi connectivity index (χ0v) is 10.1. The molecular formula is C11H19N5. The van der Waals surface area contributed by atoms with Crippen molar-refractivity contribution < 1.29 is 0 Å². The van der Waals surface area contributed by atoms with E-state index >= 15 is 0 Å². The number of aliphatic imine (C=N–C) groups is 1. The van der Waals surface area contributed by atoms with Crippen molar-refractivity contribution in [3.8, 4) is 0 Å². The number of hydrogen-bond acceptors (Lipinski definition) is 3. The molecule has 5 heteroatoms. The van der Waals surface area contributed by atoms with Crippen molar-refractivity contribution >= 4 is 5.96 Å². The fourth-order valence-electron chi connectivity index (χ4n) is 1.17. The molecule has 0 unspecified atom stereocenters. The van der Waals surface area contributed by atoms with Gasteiger partial charge in [-0.1, -0.05) is 0 Å². The molecule has 0 radical (unpaired) electrons. The molecule has 0 saturated carbocycles. The van der Waals surface area contributed by atoms with Crippen molar-refractivity contribution in [3.63, 3.8) is 0 Å². The Bertz CT molecular complexity index is 339. The monoisotopic (exact) mass is 221 g/mol. The Hall–Kier alpha value is -1.65. The van der Waals surface area contributed by atoms with Gasteiger partial charge >= 0.3 is 0 Å². The van der Waals surface area contributed by atoms with Crippen LogP contribution in [-0.4, -0.2) is 28.0 Å². The molecule has 1 aromatic rings. The van der Waals surface area contributed by atoms with Crippen molar-refractivity contribution in [2.45, 2.75) is 32.7 Å². The van der Waals surface area contributed by atoms with Gasteiger partial charge in [-0.3, -0.25) is 15.0 Å². The number of aromatic nitrogens is 2. The molecule has 0 atom stereocenters. The summed E-state index contributed by atoms with van der Waals surface area (Å²) in [5, 5.41) is 3.10. The summed E-state index contributed by atoms with van der Waals surface area (Å²) in [5.41, 5.74) is 6.60. The van der Waals surface area contributed by atoms with Crippen LogP contribution in [0.15, 0.2) is 23.6 Å². The Morgan fingerprint density at radius 2 is 2.19 bits per heavy atom. The van der Waals surface area contributed by atoms with Gasteiger partial charge in [0.1, 0.15) is 0 Å². The van der Waals surface area contributed by atoms with Crippen molar-refractivity contribution in [1.82, 2.24) is 15.3 Å². The Kier molecular flexibility index (Phi) is 4.22. The van der Waals surface area contributed by atoms with E-state index in [1.54, 1.807) is 18.6 Å². The van der Waals surface area contributed by atoms with Crippen molar-refractivity contribution in [2.24, 2.45) is 10.7 Å². The van der Waals surface area contributed by atoms with Crippen LogP contribution in [-0.2, 0) is 6.42 Å². The minimum absolute atomic E-state index is 0.0554. The zero-order chi connectivity index (χ0) is 12.0. The molecule has 1 aromatic heterocycles. The highest BCUT2D eigenvalue weighted by atomic mass is 15.1. The van der Waals surface area contributed by atoms with E-state index in [1.165, 1.54) is 0 Å². The number of hydrogen-bond donors (Lipinski definition) is 2. The van der Waals surface area contributed by atoms with E-state index in [0.29, 0.717) is 12.5 Å². The lowest BCUT2D eigenvalue weighted by atomic mass is 10.1. The fraction of sp³-hybridized carbons (Fsp3) is 0.545. The molecule has 3 N–H and O–H groups in total. The quantitative estimate of drug-likeness (QED) is 0.582. The van der Waals surface area contributed by atoms with Crippen LogP contribution in [0.25, 0.3) is 0 Å². The van der Waals surface area contributed by atoms with E-state index in [2.05, 4.69) is 20.3 Å². The molecule has 0 amide bonds. The second-order valence-electron chi connectivity index (χ2n) is 4.59. The third-order valence-electron chi connectivity index (χ3n) is 1.77. The summed E-state index contributed by atoms with van der Waals surface area (Å²) >= 11 is 0. The lowest BCUT2D eigenvalue weighted by Gasteiger charge is -2.20. The lowest BCUT2D eigenvalue weighted by Crippen LogP contribution is -2.45. The first kappa shape index (κ1) is 12.4. The van der Waals surface area contributed by atoms with Gasteiger partial charge in [0.2, 0.25) is 0 Å². The Morgan fingerprint density at radius 3 is 2.75 bits per heavy atom. The molecule has 16 heavy (non-hydrogen) atoms. The Morgan fingerprint density at radius 1 is 1.44 bits per heavy atom. The average Bonchev–Trinajstić information content (AvgIpc) is 2.16. The van der Waals surface area contributed by atoms with Crippen LogP contribution < -0.4 is 11.1 Å². The molecule has 0 aliphatic carbocycles. The summed E-state index contributed by atoms with van der Waals surface area (Å²) in [6.45, 7) is 6.74. The topological polar surface area (TPSA) is 76.2 Å². The highest BCUT2D eigenvalue weighted by Gasteiger charge is 2.09. The summed E-state index contributed by atoms with van der Waals surface area (Å²) in [4.78, 5) is 12.4. The van der Waals surface area contributed by atoms with Crippen LogP contribution in [0.1, 0.15) is 26.5 Å². The molecule has 0 bridgehead atoms. The second-order valence-corrected chi connectivity index (χ2v) is 4.59. The molecular weight excluding hydrogens is 202 g/mol. The predicted molar refractivity (Wildman–Crippen MR) is 65.1 cm³/mol. The van der Waals surface area contributed by atoms with Gasteiger partial charge in [-0.15, -0.1) is 0 Å². The van der Waals surface area contributed by atoms with Crippen molar-refractivity contribution in [3.05, 3.63) is 24.3 Å². The normalized spacial score (nSPS) is 12.6. The first-order valence-corrected chi connectivity index (χ1v) is 5.30. The second kappa shape index (κ2) is 5.44. The maximum absolute atomic E-state index is 5.73. The van der Waals surface area contributed by atoms with Gasteiger partial charge in [0.05, 0.1) is 5.69 Å². The van der Waals surface area contributed by atoms with Crippen LogP contribution >= 0.6 is 0 Å². The van der Waals surface area contributed by atoms with Crippen LogP contribution in [0.5, 0.6) is 0 Å². The summed E-state index contributed by atoms with van der Waals surface area (Å²) in [5.74, 6) is 0.469. The molecule has 0 fully saturated rings. The smallest absolute Gasteiger partial charge is 0.188 e. The van der Waals surface area contributed by atoms with Crippen LogP contribution in [0.2, 0.25) is 0 Å². The number of nitrogens with one attached hydrogen (secondary N) is 1. The van der Waals surface area contributed by atoms with Gasteiger partial charge in [-0.2, -0.15) is 0 Å². The molecule has 1 rings (SSSR count). The molecule has 0 saturated heterocycles. The first-order valence-electron chi connectivity index (χ1n) is 5.30. The maximum atomic E-state index is 5.73. The minimum atomic E-state index is -0.0554. The Labute approximate surface area is 96.2 Å². The van der Waals surface area contributed by atoms with Crippen molar-refractivity contribution in [2.75, 3.05) is 6.54 Å². The molecule has 5 nitrogen and oxygen atoms in total. The van der Waals surface area contributed by atoms with E-state index < -0.39 is 0 Å².